The number of aliphatic imine (C=N–C) groups is 1. The van der Waals surface area contributed by atoms with Crippen LogP contribution in [0, 0.1) is 12.7 Å². The summed E-state index contributed by atoms with van der Waals surface area (Å²) in [5, 5.41) is 0.313. The number of rotatable bonds is 2. The molecule has 1 aromatic rings. The number of thiol groups is 1. The van der Waals surface area contributed by atoms with Gasteiger partial charge >= 0.3 is 0 Å². The van der Waals surface area contributed by atoms with E-state index in [2.05, 4.69) is 24.2 Å². The summed E-state index contributed by atoms with van der Waals surface area (Å²) in [4.78, 5) is 3.93. The zero-order valence-electron chi connectivity index (χ0n) is 8.62. The number of hydrogen-bond acceptors (Lipinski definition) is 3. The molecule has 2 nitrogen and oxygen atoms in total. The predicted molar refractivity (Wildman–Crippen MR) is 62.8 cm³/mol. The van der Waals surface area contributed by atoms with E-state index in [4.69, 9.17) is 4.74 Å². The normalized spacial score (nSPS) is 11.3. The minimum Gasteiger partial charge on any atom is -0.481 e. The molecule has 0 N–H and O–H groups in total. The number of hydrogen-bond donors (Lipinski definition) is 1. The second-order valence-electron chi connectivity index (χ2n) is 3.00. The molecular weight excluding hydrogens is 213 g/mol. The Kier molecular flexibility index (Phi) is 3.91. The zero-order chi connectivity index (χ0) is 11.4. The summed E-state index contributed by atoms with van der Waals surface area (Å²) >= 11 is 3.93. The first-order valence-electron chi connectivity index (χ1n) is 4.31. The van der Waals surface area contributed by atoms with Gasteiger partial charge in [0.15, 0.2) is 0 Å². The lowest BCUT2D eigenvalue weighted by Gasteiger charge is -2.05. The number of ether oxygens (including phenoxy) is 1. The quantitative estimate of drug-likeness (QED) is 0.466. The van der Waals surface area contributed by atoms with E-state index < -0.39 is 0 Å². The Morgan fingerprint density at radius 2 is 2.20 bits per heavy atom. The van der Waals surface area contributed by atoms with Crippen LogP contribution in [0.1, 0.15) is 11.1 Å². The van der Waals surface area contributed by atoms with Crippen LogP contribution >= 0.6 is 12.6 Å². The molecule has 0 radical (unpaired) electrons. The Morgan fingerprint density at radius 1 is 1.53 bits per heavy atom. The molecule has 0 aliphatic carbocycles. The summed E-state index contributed by atoms with van der Waals surface area (Å²) in [5.74, 6) is 0.0101. The van der Waals surface area contributed by atoms with Crippen LogP contribution < -0.4 is 0 Å². The van der Waals surface area contributed by atoms with E-state index in [1.54, 1.807) is 19.1 Å². The van der Waals surface area contributed by atoms with Crippen LogP contribution in [0.5, 0.6) is 0 Å². The Bertz CT molecular complexity index is 415. The Morgan fingerprint density at radius 3 is 2.67 bits per heavy atom. The average molecular weight is 225 g/mol. The highest BCUT2D eigenvalue weighted by atomic mass is 32.1. The summed E-state index contributed by atoms with van der Waals surface area (Å²) in [5.41, 5.74) is 1.15. The van der Waals surface area contributed by atoms with Crippen molar-refractivity contribution in [3.63, 3.8) is 0 Å². The van der Waals surface area contributed by atoms with Crippen LogP contribution in [-0.4, -0.2) is 13.0 Å². The van der Waals surface area contributed by atoms with Crippen molar-refractivity contribution in [1.29, 1.82) is 0 Å². The Labute approximate surface area is 93.9 Å². The SMILES string of the molecule is C=C(S)/N=C(\OC)c1ccc(C)c(F)c1. The van der Waals surface area contributed by atoms with E-state index >= 15 is 0 Å². The van der Waals surface area contributed by atoms with Crippen LogP contribution in [0.3, 0.4) is 0 Å². The summed E-state index contributed by atoms with van der Waals surface area (Å²) in [6.07, 6.45) is 0. The largest absolute Gasteiger partial charge is 0.481 e. The van der Waals surface area contributed by atoms with Gasteiger partial charge in [-0.05, 0) is 24.6 Å². The number of methoxy groups -OCH3 is 1. The molecule has 1 rings (SSSR count). The molecule has 0 heterocycles. The predicted octanol–water partition coefficient (Wildman–Crippen LogP) is 2.93. The Hall–Kier alpha value is -1.29. The summed E-state index contributed by atoms with van der Waals surface area (Å²) in [6, 6.07) is 4.77. The van der Waals surface area contributed by atoms with E-state index in [0.29, 0.717) is 22.1 Å². The van der Waals surface area contributed by atoms with Crippen molar-refractivity contribution in [2.45, 2.75) is 6.92 Å². The molecule has 0 aliphatic rings. The molecule has 0 fully saturated rings. The highest BCUT2D eigenvalue weighted by Gasteiger charge is 2.06. The van der Waals surface area contributed by atoms with Gasteiger partial charge in [0.25, 0.3) is 0 Å². The van der Waals surface area contributed by atoms with Gasteiger partial charge in [0, 0.05) is 5.56 Å². The van der Waals surface area contributed by atoms with Gasteiger partial charge in [0.1, 0.15) is 5.82 Å². The van der Waals surface area contributed by atoms with Crippen molar-refractivity contribution in [2.24, 2.45) is 4.99 Å². The lowest BCUT2D eigenvalue weighted by molar-refractivity contribution is 0.404. The molecule has 0 bridgehead atoms. The summed E-state index contributed by atoms with van der Waals surface area (Å²) < 4.78 is 18.3. The monoisotopic (exact) mass is 225 g/mol. The first-order chi connectivity index (χ1) is 7.04. The average Bonchev–Trinajstić information content (AvgIpc) is 2.18. The number of benzene rings is 1. The fourth-order valence-electron chi connectivity index (χ4n) is 1.07. The smallest absolute Gasteiger partial charge is 0.221 e. The van der Waals surface area contributed by atoms with Crippen molar-refractivity contribution in [3.8, 4) is 0 Å². The van der Waals surface area contributed by atoms with Crippen LogP contribution in [0.25, 0.3) is 0 Å². The van der Waals surface area contributed by atoms with Gasteiger partial charge in [-0.3, -0.25) is 0 Å². The molecule has 1 aromatic carbocycles. The number of halogens is 1. The van der Waals surface area contributed by atoms with Gasteiger partial charge in [-0.2, -0.15) is 0 Å². The van der Waals surface area contributed by atoms with Crippen molar-refractivity contribution < 1.29 is 9.13 Å². The molecule has 0 aromatic heterocycles. The van der Waals surface area contributed by atoms with Gasteiger partial charge in [0.2, 0.25) is 5.90 Å². The molecular formula is C11H12FNOS. The van der Waals surface area contributed by atoms with E-state index in [-0.39, 0.29) is 5.82 Å². The molecule has 0 atom stereocenters. The molecule has 0 saturated carbocycles. The maximum atomic E-state index is 13.3. The van der Waals surface area contributed by atoms with Gasteiger partial charge < -0.3 is 4.74 Å². The van der Waals surface area contributed by atoms with Gasteiger partial charge in [0.05, 0.1) is 12.1 Å². The van der Waals surface area contributed by atoms with Crippen molar-refractivity contribution >= 4 is 18.5 Å². The zero-order valence-corrected chi connectivity index (χ0v) is 9.51. The number of nitrogens with zero attached hydrogens (tertiary/aromatic N) is 1. The van der Waals surface area contributed by atoms with Crippen molar-refractivity contribution in [1.82, 2.24) is 0 Å². The van der Waals surface area contributed by atoms with Gasteiger partial charge in [-0.1, -0.05) is 12.6 Å². The highest BCUT2D eigenvalue weighted by molar-refractivity contribution is 7.84. The van der Waals surface area contributed by atoms with E-state index in [1.165, 1.54) is 13.2 Å². The van der Waals surface area contributed by atoms with E-state index in [0.717, 1.165) is 0 Å². The van der Waals surface area contributed by atoms with E-state index in [1.807, 2.05) is 0 Å². The van der Waals surface area contributed by atoms with Crippen LogP contribution in [0.15, 0.2) is 34.8 Å². The minimum atomic E-state index is -0.290. The van der Waals surface area contributed by atoms with Crippen LogP contribution in [0.4, 0.5) is 4.39 Å². The van der Waals surface area contributed by atoms with E-state index in [9.17, 15) is 4.39 Å². The van der Waals surface area contributed by atoms with Crippen LogP contribution in [0.2, 0.25) is 0 Å². The molecule has 0 unspecified atom stereocenters. The van der Waals surface area contributed by atoms with Crippen LogP contribution in [-0.2, 0) is 4.74 Å². The molecule has 0 spiro atoms. The molecule has 15 heavy (non-hydrogen) atoms. The Balaban J connectivity index is 3.14. The fourth-order valence-corrected chi connectivity index (χ4v) is 1.16. The first kappa shape index (κ1) is 11.8. The molecule has 0 saturated heterocycles. The molecule has 80 valence electrons. The minimum absolute atomic E-state index is 0.290. The van der Waals surface area contributed by atoms with Crippen molar-refractivity contribution in [2.75, 3.05) is 7.11 Å². The molecule has 0 amide bonds. The lowest BCUT2D eigenvalue weighted by atomic mass is 10.1. The van der Waals surface area contributed by atoms with Gasteiger partial charge in [-0.15, -0.1) is 12.6 Å². The third-order valence-electron chi connectivity index (χ3n) is 1.84. The van der Waals surface area contributed by atoms with Crippen molar-refractivity contribution in [3.05, 3.63) is 46.8 Å². The lowest BCUT2D eigenvalue weighted by Crippen LogP contribution is -2.04. The maximum absolute atomic E-state index is 13.3. The second-order valence-corrected chi connectivity index (χ2v) is 3.52. The number of aryl methyl sites for hydroxylation is 1. The second kappa shape index (κ2) is 4.98. The topological polar surface area (TPSA) is 21.6 Å². The summed E-state index contributed by atoms with van der Waals surface area (Å²) in [7, 11) is 1.47. The standard InChI is InChI=1S/C11H12FNOS/c1-7-4-5-9(6-10(7)12)11(14-3)13-8(2)15/h4-6,15H,2H2,1,3H3/b13-11-. The third-order valence-corrected chi connectivity index (χ3v) is 1.94. The third kappa shape index (κ3) is 3.09. The highest BCUT2D eigenvalue weighted by Crippen LogP contribution is 2.12. The summed E-state index contributed by atoms with van der Waals surface area (Å²) in [6.45, 7) is 5.21. The maximum Gasteiger partial charge on any atom is 0.221 e. The molecule has 4 heteroatoms. The first-order valence-corrected chi connectivity index (χ1v) is 4.76. The molecule has 0 aliphatic heterocycles. The van der Waals surface area contributed by atoms with Gasteiger partial charge in [-0.25, -0.2) is 9.38 Å². The fraction of sp³-hybridized carbons (Fsp3) is 0.182.